The Bertz CT molecular complexity index is 1020. The number of ether oxygens (including phenoxy) is 3. The van der Waals surface area contributed by atoms with E-state index >= 15 is 0 Å². The van der Waals surface area contributed by atoms with Gasteiger partial charge in [0.05, 0.1) is 12.7 Å². The number of rotatable bonds is 4. The first-order chi connectivity index (χ1) is 15.6. The Balaban J connectivity index is 1.70. The number of fused-ring (bicyclic) bond motifs is 1. The van der Waals surface area contributed by atoms with E-state index in [1.54, 1.807) is 0 Å². The molecule has 0 amide bonds. The first kappa shape index (κ1) is 23.2. The zero-order valence-electron chi connectivity index (χ0n) is 17.0. The zero-order valence-corrected chi connectivity index (χ0v) is 17.0. The molecule has 2 aliphatic heterocycles. The van der Waals surface area contributed by atoms with Crippen molar-refractivity contribution < 1.29 is 60.2 Å². The first-order valence-electron chi connectivity index (χ1n) is 10.0. The van der Waals surface area contributed by atoms with Crippen molar-refractivity contribution in [3.05, 3.63) is 35.4 Å². The molecule has 0 bridgehead atoms. The highest BCUT2D eigenvalue weighted by Gasteiger charge is 2.46. The lowest BCUT2D eigenvalue weighted by atomic mass is 9.93. The molecule has 1 saturated heterocycles. The van der Waals surface area contributed by atoms with Gasteiger partial charge in [-0.05, 0) is 17.7 Å². The summed E-state index contributed by atoms with van der Waals surface area (Å²) in [6, 6.07) is 4.70. The van der Waals surface area contributed by atoms with Crippen LogP contribution in [0.15, 0.2) is 24.3 Å². The van der Waals surface area contributed by atoms with Crippen molar-refractivity contribution in [3.8, 4) is 34.5 Å². The van der Waals surface area contributed by atoms with Gasteiger partial charge in [-0.15, -0.1) is 0 Å². The summed E-state index contributed by atoms with van der Waals surface area (Å²) in [5.41, 5.74) is 0.337. The molecule has 33 heavy (non-hydrogen) atoms. The lowest BCUT2D eigenvalue weighted by Gasteiger charge is -2.40. The Morgan fingerprint density at radius 2 is 1.58 bits per heavy atom. The normalized spacial score (nSPS) is 31.5. The van der Waals surface area contributed by atoms with E-state index in [4.69, 9.17) is 14.2 Å². The molecule has 12 heteroatoms. The highest BCUT2D eigenvalue weighted by atomic mass is 16.7. The van der Waals surface area contributed by atoms with Crippen molar-refractivity contribution in [2.75, 3.05) is 6.61 Å². The van der Waals surface area contributed by atoms with Gasteiger partial charge in [0.2, 0.25) is 12.0 Å². The summed E-state index contributed by atoms with van der Waals surface area (Å²) in [6.45, 7) is -0.695. The van der Waals surface area contributed by atoms with E-state index in [1.165, 1.54) is 18.2 Å². The molecule has 7 atom stereocenters. The van der Waals surface area contributed by atoms with Crippen LogP contribution in [-0.2, 0) is 11.2 Å². The maximum atomic E-state index is 10.6. The quantitative estimate of drug-likeness (QED) is 0.240. The summed E-state index contributed by atoms with van der Waals surface area (Å²) in [4.78, 5) is 0. The summed E-state index contributed by atoms with van der Waals surface area (Å²) in [7, 11) is 0. The SMILES string of the molecule is OC[C@H]1O[C@H](Oc2c(O)cc(O)c3c2O[C@H](c2ccc(O)c(O)c2)[C@@H](O)C3)[C@H](O)[C@@H](O)[C@@H]1O. The Kier molecular flexibility index (Phi) is 6.14. The van der Waals surface area contributed by atoms with Gasteiger partial charge in [0.1, 0.15) is 30.2 Å². The summed E-state index contributed by atoms with van der Waals surface area (Å²) in [5, 5.41) is 90.1. The van der Waals surface area contributed by atoms with Gasteiger partial charge in [-0.2, -0.15) is 0 Å². The highest BCUT2D eigenvalue weighted by Crippen LogP contribution is 2.51. The Morgan fingerprint density at radius 3 is 2.24 bits per heavy atom. The third-order valence-corrected chi connectivity index (χ3v) is 5.71. The van der Waals surface area contributed by atoms with Gasteiger partial charge in [-0.1, -0.05) is 6.07 Å². The van der Waals surface area contributed by atoms with Crippen molar-refractivity contribution in [2.45, 2.75) is 49.3 Å². The minimum Gasteiger partial charge on any atom is -0.507 e. The van der Waals surface area contributed by atoms with Crippen LogP contribution in [0.1, 0.15) is 17.2 Å². The van der Waals surface area contributed by atoms with Gasteiger partial charge >= 0.3 is 0 Å². The standard InChI is InChI=1S/C21H24O12/c22-6-14-15(28)16(29)17(30)21(31-14)33-20-13(27)5-10(24)8-4-12(26)18(32-19(8)20)7-1-2-9(23)11(25)3-7/h1-3,5,12,14-18,21-30H,4,6H2/t12-,14+,15+,16-,17+,18+,21+/m0/s1. The van der Waals surface area contributed by atoms with Crippen LogP contribution in [0.4, 0.5) is 0 Å². The predicted molar refractivity (Wildman–Crippen MR) is 107 cm³/mol. The maximum absolute atomic E-state index is 10.6. The molecule has 2 aromatic carbocycles. The second kappa shape index (κ2) is 8.74. The van der Waals surface area contributed by atoms with E-state index in [9.17, 15) is 46.0 Å². The lowest BCUT2D eigenvalue weighted by molar-refractivity contribution is -0.278. The average Bonchev–Trinajstić information content (AvgIpc) is 2.78. The molecule has 0 unspecified atom stereocenters. The topological polar surface area (TPSA) is 210 Å². The minimum absolute atomic E-state index is 0.0686. The molecule has 4 rings (SSSR count). The third-order valence-electron chi connectivity index (χ3n) is 5.71. The molecule has 2 heterocycles. The second-order valence-corrected chi connectivity index (χ2v) is 7.92. The van der Waals surface area contributed by atoms with Gasteiger partial charge in [0, 0.05) is 18.1 Å². The molecule has 9 N–H and O–H groups in total. The minimum atomic E-state index is -1.77. The molecular weight excluding hydrogens is 444 g/mol. The van der Waals surface area contributed by atoms with Crippen LogP contribution in [0.2, 0.25) is 0 Å². The third kappa shape index (κ3) is 4.08. The molecule has 12 nitrogen and oxygen atoms in total. The van der Waals surface area contributed by atoms with Gasteiger partial charge in [-0.25, -0.2) is 0 Å². The van der Waals surface area contributed by atoms with E-state index in [-0.39, 0.29) is 29.0 Å². The fourth-order valence-corrected chi connectivity index (χ4v) is 3.90. The Labute approximate surface area is 186 Å². The molecule has 2 aromatic rings. The van der Waals surface area contributed by atoms with Crippen molar-refractivity contribution in [1.82, 2.24) is 0 Å². The number of aliphatic hydroxyl groups excluding tert-OH is 5. The Hall–Kier alpha value is -3.00. The van der Waals surface area contributed by atoms with Crippen LogP contribution in [0, 0.1) is 0 Å². The monoisotopic (exact) mass is 468 g/mol. The molecule has 0 spiro atoms. The van der Waals surface area contributed by atoms with Crippen molar-refractivity contribution in [3.63, 3.8) is 0 Å². The van der Waals surface area contributed by atoms with E-state index in [1.807, 2.05) is 0 Å². The predicted octanol–water partition coefficient (Wildman–Crippen LogP) is -1.28. The van der Waals surface area contributed by atoms with E-state index in [0.29, 0.717) is 0 Å². The van der Waals surface area contributed by atoms with Gasteiger partial charge in [-0.3, -0.25) is 0 Å². The summed E-state index contributed by atoms with van der Waals surface area (Å²) in [6.07, 6.45) is -10.5. The largest absolute Gasteiger partial charge is 0.507 e. The lowest BCUT2D eigenvalue weighted by Crippen LogP contribution is -2.60. The van der Waals surface area contributed by atoms with Crippen LogP contribution in [0.25, 0.3) is 0 Å². The van der Waals surface area contributed by atoms with Crippen LogP contribution in [0.5, 0.6) is 34.5 Å². The van der Waals surface area contributed by atoms with Crippen LogP contribution < -0.4 is 9.47 Å². The van der Waals surface area contributed by atoms with Crippen LogP contribution in [0.3, 0.4) is 0 Å². The maximum Gasteiger partial charge on any atom is 0.229 e. The fourth-order valence-electron chi connectivity index (χ4n) is 3.90. The molecular formula is C21H24O12. The van der Waals surface area contributed by atoms with E-state index in [0.717, 1.165) is 6.07 Å². The van der Waals surface area contributed by atoms with Crippen molar-refractivity contribution in [1.29, 1.82) is 0 Å². The number of phenolic OH excluding ortho intramolecular Hbond substituents is 4. The van der Waals surface area contributed by atoms with Gasteiger partial charge in [0.15, 0.2) is 29.1 Å². The summed E-state index contributed by atoms with van der Waals surface area (Å²) < 4.78 is 16.7. The smallest absolute Gasteiger partial charge is 0.229 e. The zero-order chi connectivity index (χ0) is 24.0. The molecule has 0 saturated carbocycles. The Morgan fingerprint density at radius 1 is 0.848 bits per heavy atom. The van der Waals surface area contributed by atoms with Crippen LogP contribution >= 0.6 is 0 Å². The molecule has 1 fully saturated rings. The summed E-state index contributed by atoms with van der Waals surface area (Å²) >= 11 is 0. The van der Waals surface area contributed by atoms with E-state index in [2.05, 4.69) is 0 Å². The number of aliphatic hydroxyl groups is 5. The van der Waals surface area contributed by atoms with Crippen molar-refractivity contribution >= 4 is 0 Å². The first-order valence-corrected chi connectivity index (χ1v) is 10.0. The number of phenols is 4. The highest BCUT2D eigenvalue weighted by molar-refractivity contribution is 5.62. The molecule has 180 valence electrons. The fraction of sp³-hybridized carbons (Fsp3) is 0.429. The molecule has 2 aliphatic rings. The molecule has 0 aromatic heterocycles. The number of hydrogen-bond acceptors (Lipinski definition) is 12. The van der Waals surface area contributed by atoms with Crippen molar-refractivity contribution in [2.24, 2.45) is 0 Å². The average molecular weight is 468 g/mol. The molecule has 0 aliphatic carbocycles. The van der Waals surface area contributed by atoms with Gasteiger partial charge < -0.3 is 60.2 Å². The summed E-state index contributed by atoms with van der Waals surface area (Å²) in [5.74, 6) is -2.46. The van der Waals surface area contributed by atoms with Gasteiger partial charge in [0.25, 0.3) is 0 Å². The number of aromatic hydroxyl groups is 4. The number of hydrogen-bond donors (Lipinski definition) is 9. The number of benzene rings is 2. The molecule has 0 radical (unpaired) electrons. The second-order valence-electron chi connectivity index (χ2n) is 7.92. The van der Waals surface area contributed by atoms with Crippen LogP contribution in [-0.4, -0.2) is 89.4 Å². The van der Waals surface area contributed by atoms with E-state index < -0.39 is 72.5 Å².